The van der Waals surface area contributed by atoms with Crippen LogP contribution >= 0.6 is 0 Å². The second kappa shape index (κ2) is 7.20. The minimum absolute atomic E-state index is 0.0923. The zero-order valence-corrected chi connectivity index (χ0v) is 16.0. The first-order chi connectivity index (χ1) is 13.8. The molecule has 28 heavy (non-hydrogen) atoms. The smallest absolute Gasteiger partial charge is 0.122 e. The monoisotopic (exact) mass is 372 g/mol. The second-order valence-electron chi connectivity index (χ2n) is 7.34. The summed E-state index contributed by atoms with van der Waals surface area (Å²) >= 11 is 0. The maximum Gasteiger partial charge on any atom is 0.122 e. The Morgan fingerprint density at radius 3 is 2.96 bits per heavy atom. The van der Waals surface area contributed by atoms with Crippen LogP contribution in [0.5, 0.6) is 0 Å². The SMILES string of the molecule is CCCn1ccnc1CN1CCc2[nH]cnc2[C@@H]1c1ccnc2ccccc12. The maximum atomic E-state index is 4.71. The van der Waals surface area contributed by atoms with Gasteiger partial charge >= 0.3 is 0 Å². The molecule has 5 rings (SSSR count). The van der Waals surface area contributed by atoms with Gasteiger partial charge in [-0.3, -0.25) is 9.88 Å². The Labute approximate surface area is 164 Å². The average molecular weight is 372 g/mol. The summed E-state index contributed by atoms with van der Waals surface area (Å²) in [6.45, 7) is 4.97. The van der Waals surface area contributed by atoms with E-state index in [0.29, 0.717) is 0 Å². The Kier molecular flexibility index (Phi) is 4.41. The predicted octanol–water partition coefficient (Wildman–Crippen LogP) is 3.71. The van der Waals surface area contributed by atoms with Crippen molar-refractivity contribution in [2.24, 2.45) is 0 Å². The number of para-hydroxylation sites is 1. The van der Waals surface area contributed by atoms with Gasteiger partial charge in [0.05, 0.1) is 30.1 Å². The Morgan fingerprint density at radius 1 is 1.11 bits per heavy atom. The molecule has 0 unspecified atom stereocenters. The number of pyridine rings is 1. The quantitative estimate of drug-likeness (QED) is 0.580. The highest BCUT2D eigenvalue weighted by atomic mass is 15.2. The van der Waals surface area contributed by atoms with Crippen LogP contribution in [0.4, 0.5) is 0 Å². The van der Waals surface area contributed by atoms with Crippen molar-refractivity contribution in [2.75, 3.05) is 6.54 Å². The van der Waals surface area contributed by atoms with Crippen LogP contribution in [0.15, 0.2) is 55.2 Å². The number of fused-ring (bicyclic) bond motifs is 2. The number of aryl methyl sites for hydroxylation is 1. The van der Waals surface area contributed by atoms with Crippen molar-refractivity contribution in [1.82, 2.24) is 29.4 Å². The molecule has 1 aliphatic rings. The van der Waals surface area contributed by atoms with Crippen LogP contribution in [-0.4, -0.2) is 35.9 Å². The van der Waals surface area contributed by atoms with E-state index >= 15 is 0 Å². The molecule has 0 fully saturated rings. The maximum absolute atomic E-state index is 4.71. The van der Waals surface area contributed by atoms with Crippen LogP contribution in [-0.2, 0) is 19.5 Å². The van der Waals surface area contributed by atoms with Crippen molar-refractivity contribution in [1.29, 1.82) is 0 Å². The first-order valence-corrected chi connectivity index (χ1v) is 9.95. The number of imidazole rings is 2. The van der Waals surface area contributed by atoms with Crippen LogP contribution < -0.4 is 0 Å². The van der Waals surface area contributed by atoms with E-state index in [1.54, 1.807) is 0 Å². The zero-order chi connectivity index (χ0) is 18.9. The molecule has 0 bridgehead atoms. The standard InChI is InChI=1S/C22H24N6/c1-2-11-27-13-10-24-20(27)14-28-12-8-19-21(26-15-25-19)22(28)17-7-9-23-18-6-4-3-5-16(17)18/h3-7,9-10,13,15,22H,2,8,11-12,14H2,1H3,(H,25,26)/t22-/m0/s1. The molecule has 0 spiro atoms. The van der Waals surface area contributed by atoms with Gasteiger partial charge in [0.25, 0.3) is 0 Å². The molecule has 1 N–H and O–H groups in total. The highest BCUT2D eigenvalue weighted by Crippen LogP contribution is 2.37. The summed E-state index contributed by atoms with van der Waals surface area (Å²) in [6, 6.07) is 10.6. The first-order valence-electron chi connectivity index (χ1n) is 9.95. The van der Waals surface area contributed by atoms with E-state index < -0.39 is 0 Å². The molecule has 0 radical (unpaired) electrons. The van der Waals surface area contributed by atoms with Gasteiger partial charge in [-0.2, -0.15) is 0 Å². The summed E-state index contributed by atoms with van der Waals surface area (Å²) in [5.41, 5.74) is 4.64. The van der Waals surface area contributed by atoms with E-state index in [1.807, 2.05) is 24.8 Å². The molecular weight excluding hydrogens is 348 g/mol. The summed E-state index contributed by atoms with van der Waals surface area (Å²) < 4.78 is 2.27. The van der Waals surface area contributed by atoms with E-state index in [-0.39, 0.29) is 6.04 Å². The van der Waals surface area contributed by atoms with Crippen molar-refractivity contribution in [3.05, 3.63) is 78.0 Å². The highest BCUT2D eigenvalue weighted by molar-refractivity contribution is 5.82. The molecule has 1 aromatic carbocycles. The van der Waals surface area contributed by atoms with Crippen LogP contribution in [0.3, 0.4) is 0 Å². The van der Waals surface area contributed by atoms with E-state index in [1.165, 1.54) is 16.6 Å². The summed E-state index contributed by atoms with van der Waals surface area (Å²) in [7, 11) is 0. The Morgan fingerprint density at radius 2 is 2.04 bits per heavy atom. The van der Waals surface area contributed by atoms with Gasteiger partial charge in [0.2, 0.25) is 0 Å². The van der Waals surface area contributed by atoms with Gasteiger partial charge in [-0.25, -0.2) is 9.97 Å². The lowest BCUT2D eigenvalue weighted by molar-refractivity contribution is 0.193. The summed E-state index contributed by atoms with van der Waals surface area (Å²) in [5, 5.41) is 1.19. The van der Waals surface area contributed by atoms with Crippen LogP contribution in [0.1, 0.15) is 42.2 Å². The van der Waals surface area contributed by atoms with E-state index in [0.717, 1.165) is 49.5 Å². The fraction of sp³-hybridized carbons (Fsp3) is 0.318. The number of nitrogens with zero attached hydrogens (tertiary/aromatic N) is 5. The lowest BCUT2D eigenvalue weighted by Gasteiger charge is -2.35. The molecule has 6 nitrogen and oxygen atoms in total. The van der Waals surface area contributed by atoms with E-state index in [2.05, 4.69) is 61.8 Å². The predicted molar refractivity (Wildman–Crippen MR) is 109 cm³/mol. The Bertz CT molecular complexity index is 1090. The number of hydrogen-bond acceptors (Lipinski definition) is 4. The van der Waals surface area contributed by atoms with Crippen molar-refractivity contribution in [3.8, 4) is 0 Å². The lowest BCUT2D eigenvalue weighted by Crippen LogP contribution is -2.36. The molecule has 1 atom stereocenters. The molecule has 0 saturated heterocycles. The van der Waals surface area contributed by atoms with Crippen molar-refractivity contribution in [2.45, 2.75) is 38.9 Å². The molecule has 4 aromatic rings. The molecule has 142 valence electrons. The Balaban J connectivity index is 1.60. The molecule has 0 saturated carbocycles. The third-order valence-electron chi connectivity index (χ3n) is 5.61. The number of aromatic amines is 1. The van der Waals surface area contributed by atoms with Gasteiger partial charge in [-0.1, -0.05) is 25.1 Å². The number of H-pyrrole nitrogens is 1. The number of rotatable bonds is 5. The van der Waals surface area contributed by atoms with Gasteiger partial charge in [0.1, 0.15) is 5.82 Å². The van der Waals surface area contributed by atoms with Crippen molar-refractivity contribution in [3.63, 3.8) is 0 Å². The van der Waals surface area contributed by atoms with Crippen LogP contribution in [0, 0.1) is 0 Å². The largest absolute Gasteiger partial charge is 0.348 e. The molecular formula is C22H24N6. The van der Waals surface area contributed by atoms with Crippen molar-refractivity contribution >= 4 is 10.9 Å². The van der Waals surface area contributed by atoms with Gasteiger partial charge in [0.15, 0.2) is 0 Å². The summed E-state index contributed by atoms with van der Waals surface area (Å²) in [4.78, 5) is 19.8. The van der Waals surface area contributed by atoms with Gasteiger partial charge in [0, 0.05) is 49.2 Å². The third-order valence-corrected chi connectivity index (χ3v) is 5.61. The third kappa shape index (κ3) is 2.90. The number of benzene rings is 1. The van der Waals surface area contributed by atoms with Crippen molar-refractivity contribution < 1.29 is 0 Å². The molecule has 6 heteroatoms. The zero-order valence-electron chi connectivity index (χ0n) is 16.0. The summed E-state index contributed by atoms with van der Waals surface area (Å²) in [6.07, 6.45) is 9.80. The lowest BCUT2D eigenvalue weighted by atomic mass is 9.93. The molecule has 0 aliphatic carbocycles. The average Bonchev–Trinajstić information content (AvgIpc) is 3.37. The topological polar surface area (TPSA) is 62.6 Å². The molecule has 0 amide bonds. The van der Waals surface area contributed by atoms with E-state index in [4.69, 9.17) is 4.98 Å². The number of nitrogens with one attached hydrogen (secondary N) is 1. The molecule has 4 heterocycles. The normalized spacial score (nSPS) is 17.1. The highest BCUT2D eigenvalue weighted by Gasteiger charge is 2.32. The molecule has 1 aliphatic heterocycles. The minimum Gasteiger partial charge on any atom is -0.348 e. The Hall–Kier alpha value is -2.99. The second-order valence-corrected chi connectivity index (χ2v) is 7.34. The van der Waals surface area contributed by atoms with Gasteiger partial charge in [-0.15, -0.1) is 0 Å². The summed E-state index contributed by atoms with van der Waals surface area (Å²) in [5.74, 6) is 1.11. The van der Waals surface area contributed by atoms with Crippen LogP contribution in [0.25, 0.3) is 10.9 Å². The first kappa shape index (κ1) is 17.1. The minimum atomic E-state index is 0.0923. The van der Waals surface area contributed by atoms with Crippen LogP contribution in [0.2, 0.25) is 0 Å². The number of hydrogen-bond donors (Lipinski definition) is 1. The van der Waals surface area contributed by atoms with E-state index in [9.17, 15) is 0 Å². The van der Waals surface area contributed by atoms with Gasteiger partial charge < -0.3 is 9.55 Å². The fourth-order valence-electron chi connectivity index (χ4n) is 4.31. The fourth-order valence-corrected chi connectivity index (χ4v) is 4.31. The number of aromatic nitrogens is 5. The van der Waals surface area contributed by atoms with Gasteiger partial charge in [-0.05, 0) is 24.1 Å². The molecule has 3 aromatic heterocycles.